The molecule has 0 amide bonds. The first kappa shape index (κ1) is 14.9. The SMILES string of the molecule is COc1ccc(SCCCOc2ccc3c(c2)OCO3)cc1. The van der Waals surface area contributed by atoms with Gasteiger partial charge in [-0.1, -0.05) is 0 Å². The Hall–Kier alpha value is -2.01. The number of hydrogen-bond donors (Lipinski definition) is 0. The molecule has 0 fully saturated rings. The highest BCUT2D eigenvalue weighted by atomic mass is 32.2. The molecule has 1 aliphatic heterocycles. The maximum Gasteiger partial charge on any atom is 0.231 e. The monoisotopic (exact) mass is 318 g/mol. The molecule has 3 rings (SSSR count). The fraction of sp³-hybridized carbons (Fsp3) is 0.294. The number of fused-ring (bicyclic) bond motifs is 1. The van der Waals surface area contributed by atoms with E-state index in [0.29, 0.717) is 6.61 Å². The van der Waals surface area contributed by atoms with E-state index >= 15 is 0 Å². The van der Waals surface area contributed by atoms with E-state index < -0.39 is 0 Å². The lowest BCUT2D eigenvalue weighted by Crippen LogP contribution is -1.98. The Labute approximate surface area is 134 Å². The van der Waals surface area contributed by atoms with E-state index in [1.54, 1.807) is 7.11 Å². The zero-order chi connectivity index (χ0) is 15.2. The maximum atomic E-state index is 5.74. The standard InChI is InChI=1S/C17H18O4S/c1-18-13-3-6-15(7-4-13)22-10-2-9-19-14-5-8-16-17(11-14)21-12-20-16/h3-8,11H,2,9-10,12H2,1H3. The molecule has 1 aliphatic rings. The lowest BCUT2D eigenvalue weighted by Gasteiger charge is -2.07. The van der Waals surface area contributed by atoms with Crippen LogP contribution in [0, 0.1) is 0 Å². The van der Waals surface area contributed by atoms with Crippen molar-refractivity contribution in [3.05, 3.63) is 42.5 Å². The molecule has 0 atom stereocenters. The van der Waals surface area contributed by atoms with Crippen molar-refractivity contribution in [3.63, 3.8) is 0 Å². The van der Waals surface area contributed by atoms with Crippen molar-refractivity contribution in [1.82, 2.24) is 0 Å². The summed E-state index contributed by atoms with van der Waals surface area (Å²) in [6, 6.07) is 13.8. The minimum Gasteiger partial charge on any atom is -0.497 e. The van der Waals surface area contributed by atoms with Crippen LogP contribution in [0.1, 0.15) is 6.42 Å². The molecular weight excluding hydrogens is 300 g/mol. The highest BCUT2D eigenvalue weighted by Gasteiger charge is 2.13. The van der Waals surface area contributed by atoms with Gasteiger partial charge in [0.2, 0.25) is 6.79 Å². The van der Waals surface area contributed by atoms with Gasteiger partial charge >= 0.3 is 0 Å². The van der Waals surface area contributed by atoms with E-state index in [1.165, 1.54) is 4.90 Å². The number of rotatable bonds is 7. The van der Waals surface area contributed by atoms with Gasteiger partial charge in [0, 0.05) is 16.7 Å². The number of thioether (sulfide) groups is 1. The van der Waals surface area contributed by atoms with Crippen molar-refractivity contribution in [2.75, 3.05) is 26.3 Å². The van der Waals surface area contributed by atoms with Crippen LogP contribution in [0.15, 0.2) is 47.4 Å². The fourth-order valence-electron chi connectivity index (χ4n) is 2.08. The predicted molar refractivity (Wildman–Crippen MR) is 86.4 cm³/mol. The summed E-state index contributed by atoms with van der Waals surface area (Å²) in [7, 11) is 1.68. The Kier molecular flexibility index (Phi) is 4.96. The Morgan fingerprint density at radius 3 is 2.59 bits per heavy atom. The normalized spacial score (nSPS) is 12.2. The second-order valence-electron chi connectivity index (χ2n) is 4.74. The molecule has 0 radical (unpaired) electrons. The van der Waals surface area contributed by atoms with Crippen molar-refractivity contribution in [2.24, 2.45) is 0 Å². The van der Waals surface area contributed by atoms with Crippen molar-refractivity contribution < 1.29 is 18.9 Å². The van der Waals surface area contributed by atoms with Crippen LogP contribution >= 0.6 is 11.8 Å². The third-order valence-electron chi connectivity index (χ3n) is 3.23. The van der Waals surface area contributed by atoms with Crippen LogP contribution in [0.3, 0.4) is 0 Å². The zero-order valence-corrected chi connectivity index (χ0v) is 13.2. The average Bonchev–Trinajstić information content (AvgIpc) is 3.03. The van der Waals surface area contributed by atoms with Gasteiger partial charge in [0.05, 0.1) is 13.7 Å². The van der Waals surface area contributed by atoms with Gasteiger partial charge in [-0.25, -0.2) is 0 Å². The van der Waals surface area contributed by atoms with Gasteiger partial charge in [0.25, 0.3) is 0 Å². The van der Waals surface area contributed by atoms with Gasteiger partial charge in [-0.15, -0.1) is 11.8 Å². The molecule has 0 aliphatic carbocycles. The lowest BCUT2D eigenvalue weighted by molar-refractivity contribution is 0.173. The number of methoxy groups -OCH3 is 1. The largest absolute Gasteiger partial charge is 0.497 e. The second-order valence-corrected chi connectivity index (χ2v) is 5.91. The molecule has 116 valence electrons. The first-order chi connectivity index (χ1) is 10.8. The molecule has 0 N–H and O–H groups in total. The molecular formula is C17H18O4S. The highest BCUT2D eigenvalue weighted by molar-refractivity contribution is 7.99. The van der Waals surface area contributed by atoms with Crippen LogP contribution in [-0.4, -0.2) is 26.3 Å². The Balaban J connectivity index is 1.38. The molecule has 1 heterocycles. The summed E-state index contributed by atoms with van der Waals surface area (Å²) in [5.41, 5.74) is 0. The van der Waals surface area contributed by atoms with Crippen molar-refractivity contribution >= 4 is 11.8 Å². The molecule has 5 heteroatoms. The van der Waals surface area contributed by atoms with E-state index in [1.807, 2.05) is 42.1 Å². The molecule has 0 aromatic heterocycles. The zero-order valence-electron chi connectivity index (χ0n) is 12.4. The van der Waals surface area contributed by atoms with Crippen molar-refractivity contribution in [1.29, 1.82) is 0 Å². The van der Waals surface area contributed by atoms with Crippen molar-refractivity contribution in [2.45, 2.75) is 11.3 Å². The van der Waals surface area contributed by atoms with Crippen molar-refractivity contribution in [3.8, 4) is 23.0 Å². The molecule has 4 nitrogen and oxygen atoms in total. The van der Waals surface area contributed by atoms with Gasteiger partial charge in [0.1, 0.15) is 11.5 Å². The lowest BCUT2D eigenvalue weighted by atomic mass is 10.3. The number of ether oxygens (including phenoxy) is 4. The van der Waals surface area contributed by atoms with Crippen LogP contribution in [0.5, 0.6) is 23.0 Å². The summed E-state index contributed by atoms with van der Waals surface area (Å²) in [5.74, 6) is 4.25. The third kappa shape index (κ3) is 3.80. The summed E-state index contributed by atoms with van der Waals surface area (Å²) in [4.78, 5) is 1.24. The molecule has 0 spiro atoms. The Morgan fingerprint density at radius 1 is 1.00 bits per heavy atom. The number of benzene rings is 2. The van der Waals surface area contributed by atoms with E-state index in [-0.39, 0.29) is 6.79 Å². The topological polar surface area (TPSA) is 36.9 Å². The van der Waals surface area contributed by atoms with E-state index in [2.05, 4.69) is 12.1 Å². The summed E-state index contributed by atoms with van der Waals surface area (Å²) in [5, 5.41) is 0. The predicted octanol–water partition coefficient (Wildman–Crippen LogP) is 3.99. The molecule has 0 saturated heterocycles. The van der Waals surface area contributed by atoms with Crippen LogP contribution in [0.4, 0.5) is 0 Å². The molecule has 2 aromatic carbocycles. The smallest absolute Gasteiger partial charge is 0.231 e. The first-order valence-corrected chi connectivity index (χ1v) is 8.13. The summed E-state index contributed by atoms with van der Waals surface area (Å²) in [6.07, 6.45) is 0.977. The van der Waals surface area contributed by atoms with Gasteiger partial charge in [-0.05, 0) is 42.8 Å². The maximum absolute atomic E-state index is 5.74. The van der Waals surface area contributed by atoms with E-state index in [4.69, 9.17) is 18.9 Å². The van der Waals surface area contributed by atoms with Gasteiger partial charge in [0.15, 0.2) is 11.5 Å². The van der Waals surface area contributed by atoms with Gasteiger partial charge in [-0.2, -0.15) is 0 Å². The van der Waals surface area contributed by atoms with Gasteiger partial charge < -0.3 is 18.9 Å². The van der Waals surface area contributed by atoms with Gasteiger partial charge in [-0.3, -0.25) is 0 Å². The Bertz CT molecular complexity index is 613. The summed E-state index contributed by atoms with van der Waals surface area (Å²) < 4.78 is 21.5. The summed E-state index contributed by atoms with van der Waals surface area (Å²) >= 11 is 1.81. The van der Waals surface area contributed by atoms with Crippen LogP contribution in [-0.2, 0) is 0 Å². The summed E-state index contributed by atoms with van der Waals surface area (Å²) in [6.45, 7) is 0.972. The Morgan fingerprint density at radius 2 is 1.77 bits per heavy atom. The van der Waals surface area contributed by atoms with Crippen LogP contribution in [0.25, 0.3) is 0 Å². The fourth-order valence-corrected chi connectivity index (χ4v) is 2.90. The van der Waals surface area contributed by atoms with Crippen LogP contribution < -0.4 is 18.9 Å². The molecule has 0 bridgehead atoms. The van der Waals surface area contributed by atoms with Crippen LogP contribution in [0.2, 0.25) is 0 Å². The highest BCUT2D eigenvalue weighted by Crippen LogP contribution is 2.35. The molecule has 22 heavy (non-hydrogen) atoms. The third-order valence-corrected chi connectivity index (χ3v) is 4.33. The van der Waals surface area contributed by atoms with E-state index in [0.717, 1.165) is 35.2 Å². The minimum atomic E-state index is 0.289. The minimum absolute atomic E-state index is 0.289. The molecule has 2 aromatic rings. The average molecular weight is 318 g/mol. The second kappa shape index (κ2) is 7.31. The first-order valence-electron chi connectivity index (χ1n) is 7.14. The van der Waals surface area contributed by atoms with E-state index in [9.17, 15) is 0 Å². The molecule has 0 saturated carbocycles. The quantitative estimate of drug-likeness (QED) is 0.570. The number of hydrogen-bond acceptors (Lipinski definition) is 5. The molecule has 0 unspecified atom stereocenters.